The molecular weight excluding hydrogens is 264 g/mol. The van der Waals surface area contributed by atoms with Gasteiger partial charge in [0.2, 0.25) is 5.56 Å². The van der Waals surface area contributed by atoms with E-state index in [9.17, 15) is 4.79 Å². The molecule has 0 aromatic carbocycles. The molecule has 1 aromatic heterocycles. The molecule has 5 nitrogen and oxygen atoms in total. The first-order valence-corrected chi connectivity index (χ1v) is 7.76. The van der Waals surface area contributed by atoms with Gasteiger partial charge in [0.25, 0.3) is 0 Å². The van der Waals surface area contributed by atoms with Crippen LogP contribution in [0.1, 0.15) is 32.6 Å². The van der Waals surface area contributed by atoms with Gasteiger partial charge in [0, 0.05) is 46.0 Å². The Bertz CT molecular complexity index is 481. The number of aliphatic imine (C=N–C) groups is 1. The maximum Gasteiger partial charge on any atom is 0.250 e. The third-order valence-corrected chi connectivity index (χ3v) is 3.43. The highest BCUT2D eigenvalue weighted by molar-refractivity contribution is 5.79. The number of aromatic nitrogens is 1. The summed E-state index contributed by atoms with van der Waals surface area (Å²) in [7, 11) is 3.88. The van der Waals surface area contributed by atoms with Crippen molar-refractivity contribution in [3.8, 4) is 0 Å². The zero-order chi connectivity index (χ0) is 15.5. The average Bonchev–Trinajstić information content (AvgIpc) is 2.50. The first-order valence-electron chi connectivity index (χ1n) is 7.76. The number of nitrogens with one attached hydrogen (secondary N) is 1. The van der Waals surface area contributed by atoms with Crippen LogP contribution in [0, 0.1) is 0 Å². The predicted molar refractivity (Wildman–Crippen MR) is 88.8 cm³/mol. The average molecular weight is 292 g/mol. The molecule has 5 heteroatoms. The minimum Gasteiger partial charge on any atom is -0.356 e. The first kappa shape index (κ1) is 17.3. The highest BCUT2D eigenvalue weighted by Gasteiger charge is 2.03. The third kappa shape index (κ3) is 6.47. The summed E-state index contributed by atoms with van der Waals surface area (Å²) in [5.74, 6) is 0.945. The zero-order valence-electron chi connectivity index (χ0n) is 13.5. The Morgan fingerprint density at radius 3 is 2.81 bits per heavy atom. The third-order valence-electron chi connectivity index (χ3n) is 3.43. The maximum absolute atomic E-state index is 11.5. The molecule has 118 valence electrons. The quantitative estimate of drug-likeness (QED) is 0.452. The molecule has 0 radical (unpaired) electrons. The number of nitrogens with zero attached hydrogens (tertiary/aromatic N) is 3. The second kappa shape index (κ2) is 10.0. The summed E-state index contributed by atoms with van der Waals surface area (Å²) in [4.78, 5) is 18.0. The number of rotatable bonds is 8. The Morgan fingerprint density at radius 1 is 1.33 bits per heavy atom. The van der Waals surface area contributed by atoms with Gasteiger partial charge in [0.05, 0.1) is 0 Å². The van der Waals surface area contributed by atoms with E-state index in [0.717, 1.165) is 38.4 Å². The van der Waals surface area contributed by atoms with E-state index in [4.69, 9.17) is 0 Å². The highest BCUT2D eigenvalue weighted by Crippen LogP contribution is 1.95. The van der Waals surface area contributed by atoms with Gasteiger partial charge in [0.1, 0.15) is 0 Å². The number of hydrogen-bond donors (Lipinski definition) is 1. The largest absolute Gasteiger partial charge is 0.356 e. The van der Waals surface area contributed by atoms with Crippen LogP contribution in [0.4, 0.5) is 0 Å². The molecule has 0 aliphatic heterocycles. The normalized spacial score (nSPS) is 11.5. The lowest BCUT2D eigenvalue weighted by Crippen LogP contribution is -2.39. The summed E-state index contributed by atoms with van der Waals surface area (Å²) >= 11 is 0. The van der Waals surface area contributed by atoms with Crippen LogP contribution in [0.3, 0.4) is 0 Å². The van der Waals surface area contributed by atoms with Crippen molar-refractivity contribution in [3.63, 3.8) is 0 Å². The van der Waals surface area contributed by atoms with Crippen molar-refractivity contribution < 1.29 is 0 Å². The number of unbranched alkanes of at least 4 members (excludes halogenated alkanes) is 2. The van der Waals surface area contributed by atoms with E-state index >= 15 is 0 Å². The summed E-state index contributed by atoms with van der Waals surface area (Å²) in [5, 5.41) is 3.37. The fraction of sp³-hybridized carbons (Fsp3) is 0.625. The second-order valence-corrected chi connectivity index (χ2v) is 5.19. The summed E-state index contributed by atoms with van der Waals surface area (Å²) in [6, 6.07) is 5.27. The monoisotopic (exact) mass is 292 g/mol. The van der Waals surface area contributed by atoms with Crippen LogP contribution in [-0.2, 0) is 6.54 Å². The smallest absolute Gasteiger partial charge is 0.250 e. The molecule has 0 bridgehead atoms. The molecule has 0 atom stereocenters. The second-order valence-electron chi connectivity index (χ2n) is 5.19. The van der Waals surface area contributed by atoms with Crippen molar-refractivity contribution in [3.05, 3.63) is 34.7 Å². The minimum absolute atomic E-state index is 0.0700. The molecule has 0 aliphatic rings. The number of aryl methyl sites for hydroxylation is 1. The van der Waals surface area contributed by atoms with Crippen LogP contribution in [-0.4, -0.2) is 42.6 Å². The molecule has 0 unspecified atom stereocenters. The minimum atomic E-state index is 0.0700. The van der Waals surface area contributed by atoms with Gasteiger partial charge >= 0.3 is 0 Å². The lowest BCUT2D eigenvalue weighted by atomic mass is 10.3. The van der Waals surface area contributed by atoms with Crippen molar-refractivity contribution in [2.75, 3.05) is 27.2 Å². The standard InChI is InChI=1S/C16H28N4O/c1-4-5-12-19(3)16(17-2)18-11-7-9-14-20-13-8-6-10-15(20)21/h6,8,10,13H,4-5,7,9,11-12,14H2,1-3H3,(H,17,18). The van der Waals surface area contributed by atoms with E-state index in [1.807, 2.05) is 19.3 Å². The fourth-order valence-corrected chi connectivity index (χ4v) is 2.14. The number of pyridine rings is 1. The predicted octanol–water partition coefficient (Wildman–Crippen LogP) is 1.94. The van der Waals surface area contributed by atoms with Gasteiger partial charge in [0.15, 0.2) is 5.96 Å². The van der Waals surface area contributed by atoms with Crippen molar-refractivity contribution in [1.29, 1.82) is 0 Å². The van der Waals surface area contributed by atoms with Crippen molar-refractivity contribution in [1.82, 2.24) is 14.8 Å². The van der Waals surface area contributed by atoms with Gasteiger partial charge in [-0.25, -0.2) is 0 Å². The molecule has 1 rings (SSSR count). The van der Waals surface area contributed by atoms with Crippen LogP contribution >= 0.6 is 0 Å². The number of guanidine groups is 1. The van der Waals surface area contributed by atoms with Crippen LogP contribution < -0.4 is 10.9 Å². The molecule has 1 heterocycles. The van der Waals surface area contributed by atoms with Crippen LogP contribution in [0.5, 0.6) is 0 Å². The Hall–Kier alpha value is -1.78. The van der Waals surface area contributed by atoms with E-state index < -0.39 is 0 Å². The maximum atomic E-state index is 11.5. The van der Waals surface area contributed by atoms with Gasteiger partial charge in [-0.2, -0.15) is 0 Å². The van der Waals surface area contributed by atoms with Gasteiger partial charge in [-0.3, -0.25) is 9.79 Å². The van der Waals surface area contributed by atoms with Crippen LogP contribution in [0.2, 0.25) is 0 Å². The van der Waals surface area contributed by atoms with E-state index in [-0.39, 0.29) is 5.56 Å². The first-order chi connectivity index (χ1) is 10.2. The Morgan fingerprint density at radius 2 is 2.14 bits per heavy atom. The van der Waals surface area contributed by atoms with Gasteiger partial charge in [-0.15, -0.1) is 0 Å². The molecule has 1 aromatic rings. The van der Waals surface area contributed by atoms with Crippen LogP contribution in [0.15, 0.2) is 34.2 Å². The van der Waals surface area contributed by atoms with Gasteiger partial charge < -0.3 is 14.8 Å². The molecule has 1 N–H and O–H groups in total. The zero-order valence-corrected chi connectivity index (χ0v) is 13.5. The number of hydrogen-bond acceptors (Lipinski definition) is 2. The van der Waals surface area contributed by atoms with Crippen molar-refractivity contribution >= 4 is 5.96 Å². The SMILES string of the molecule is CCCCN(C)C(=NC)NCCCCn1ccccc1=O. The van der Waals surface area contributed by atoms with E-state index in [1.54, 1.807) is 16.7 Å². The van der Waals surface area contributed by atoms with E-state index in [1.165, 1.54) is 12.8 Å². The molecular formula is C16H28N4O. The fourth-order valence-electron chi connectivity index (χ4n) is 2.14. The Labute approximate surface area is 127 Å². The van der Waals surface area contributed by atoms with Gasteiger partial charge in [-0.1, -0.05) is 19.4 Å². The Kier molecular flexibility index (Phi) is 8.24. The van der Waals surface area contributed by atoms with Crippen LogP contribution in [0.25, 0.3) is 0 Å². The summed E-state index contributed by atoms with van der Waals surface area (Å²) < 4.78 is 1.75. The molecule has 0 spiro atoms. The summed E-state index contributed by atoms with van der Waals surface area (Å²) in [6.07, 6.45) is 6.20. The van der Waals surface area contributed by atoms with E-state index in [0.29, 0.717) is 0 Å². The topological polar surface area (TPSA) is 49.6 Å². The molecule has 0 fully saturated rings. The molecule has 0 aliphatic carbocycles. The molecule has 21 heavy (non-hydrogen) atoms. The van der Waals surface area contributed by atoms with Crippen molar-refractivity contribution in [2.24, 2.45) is 4.99 Å². The van der Waals surface area contributed by atoms with Gasteiger partial charge in [-0.05, 0) is 25.3 Å². The summed E-state index contributed by atoms with van der Waals surface area (Å²) in [6.45, 7) is 4.86. The summed E-state index contributed by atoms with van der Waals surface area (Å²) in [5.41, 5.74) is 0.0700. The highest BCUT2D eigenvalue weighted by atomic mass is 16.1. The van der Waals surface area contributed by atoms with E-state index in [2.05, 4.69) is 29.2 Å². The Balaban J connectivity index is 2.24. The molecule has 0 amide bonds. The van der Waals surface area contributed by atoms with Crippen molar-refractivity contribution in [2.45, 2.75) is 39.2 Å². The lowest BCUT2D eigenvalue weighted by molar-refractivity contribution is 0.462. The molecule has 0 saturated carbocycles. The molecule has 0 saturated heterocycles. The lowest BCUT2D eigenvalue weighted by Gasteiger charge is -2.21.